The molecule has 2 rings (SSSR count). The van der Waals surface area contributed by atoms with Gasteiger partial charge in [-0.1, -0.05) is 29.8 Å². The van der Waals surface area contributed by atoms with Crippen molar-refractivity contribution in [2.45, 2.75) is 6.92 Å². The average molecular weight is 222 g/mol. The molecule has 0 aliphatic heterocycles. The minimum atomic E-state index is 0.644. The van der Waals surface area contributed by atoms with Crippen LogP contribution in [-0.2, 0) is 7.05 Å². The van der Waals surface area contributed by atoms with E-state index in [2.05, 4.69) is 5.10 Å². The molecule has 0 bridgehead atoms. The Labute approximate surface area is 93.5 Å². The van der Waals surface area contributed by atoms with Crippen molar-refractivity contribution in [3.63, 3.8) is 0 Å². The second-order valence-electron chi connectivity index (χ2n) is 3.51. The molecule has 1 aromatic heterocycles. The highest BCUT2D eigenvalue weighted by Gasteiger charge is 2.12. The maximum atomic E-state index is 6.23. The number of anilines is 1. The van der Waals surface area contributed by atoms with E-state index in [0.717, 1.165) is 21.8 Å². The summed E-state index contributed by atoms with van der Waals surface area (Å²) >= 11 is 6.23. The lowest BCUT2D eigenvalue weighted by atomic mass is 10.1. The highest BCUT2D eigenvalue weighted by atomic mass is 35.5. The Morgan fingerprint density at radius 3 is 2.73 bits per heavy atom. The minimum Gasteiger partial charge on any atom is -0.396 e. The third kappa shape index (κ3) is 1.59. The van der Waals surface area contributed by atoms with E-state index in [1.54, 1.807) is 10.9 Å². The van der Waals surface area contributed by atoms with Crippen LogP contribution in [0.4, 0.5) is 5.69 Å². The molecule has 0 unspecified atom stereocenters. The van der Waals surface area contributed by atoms with Gasteiger partial charge in [0.1, 0.15) is 0 Å². The molecule has 3 nitrogen and oxygen atoms in total. The van der Waals surface area contributed by atoms with E-state index in [1.165, 1.54) is 0 Å². The fraction of sp³-hybridized carbons (Fsp3) is 0.182. The fourth-order valence-electron chi connectivity index (χ4n) is 1.61. The van der Waals surface area contributed by atoms with Crippen molar-refractivity contribution in [1.82, 2.24) is 9.78 Å². The van der Waals surface area contributed by atoms with Crippen molar-refractivity contribution in [3.8, 4) is 11.3 Å². The van der Waals surface area contributed by atoms with Gasteiger partial charge in [-0.05, 0) is 12.5 Å². The normalized spacial score (nSPS) is 10.6. The first-order valence-corrected chi connectivity index (χ1v) is 5.02. The first-order chi connectivity index (χ1) is 7.11. The summed E-state index contributed by atoms with van der Waals surface area (Å²) in [4.78, 5) is 0. The van der Waals surface area contributed by atoms with E-state index in [0.29, 0.717) is 5.69 Å². The zero-order valence-electron chi connectivity index (χ0n) is 8.66. The maximum Gasteiger partial charge on any atom is 0.0923 e. The lowest BCUT2D eigenvalue weighted by Gasteiger charge is -2.08. The molecule has 2 N–H and O–H groups in total. The van der Waals surface area contributed by atoms with Gasteiger partial charge in [0, 0.05) is 12.6 Å². The molecule has 4 heteroatoms. The van der Waals surface area contributed by atoms with E-state index in [4.69, 9.17) is 17.3 Å². The van der Waals surface area contributed by atoms with Crippen molar-refractivity contribution in [2.24, 2.45) is 7.05 Å². The number of aryl methyl sites for hydroxylation is 2. The van der Waals surface area contributed by atoms with Gasteiger partial charge in [0.25, 0.3) is 0 Å². The molecule has 0 fully saturated rings. The number of aromatic nitrogens is 2. The Morgan fingerprint density at radius 2 is 2.13 bits per heavy atom. The highest BCUT2D eigenvalue weighted by molar-refractivity contribution is 6.34. The molecule has 0 aliphatic carbocycles. The molecule has 1 aromatic carbocycles. The van der Waals surface area contributed by atoms with Crippen molar-refractivity contribution < 1.29 is 0 Å². The Hall–Kier alpha value is -1.48. The minimum absolute atomic E-state index is 0.644. The largest absolute Gasteiger partial charge is 0.396 e. The van der Waals surface area contributed by atoms with Gasteiger partial charge in [0.15, 0.2) is 0 Å². The average Bonchev–Trinajstić information content (AvgIpc) is 2.52. The van der Waals surface area contributed by atoms with Gasteiger partial charge in [-0.25, -0.2) is 0 Å². The molecule has 0 saturated carbocycles. The number of rotatable bonds is 1. The van der Waals surface area contributed by atoms with E-state index in [-0.39, 0.29) is 0 Å². The summed E-state index contributed by atoms with van der Waals surface area (Å²) in [5, 5.41) is 4.83. The molecule has 0 radical (unpaired) electrons. The molecule has 0 saturated heterocycles. The summed E-state index contributed by atoms with van der Waals surface area (Å²) in [6.07, 6.45) is 1.63. The standard InChI is InChI=1S/C11H12ClN3/c1-7-4-3-5-8(10(7)12)11-9(13)6-14-15(11)2/h3-6H,13H2,1-2H3. The van der Waals surface area contributed by atoms with Crippen LogP contribution in [0.25, 0.3) is 11.3 Å². The van der Waals surface area contributed by atoms with E-state index < -0.39 is 0 Å². The molecule has 0 amide bonds. The van der Waals surface area contributed by atoms with Crippen molar-refractivity contribution in [1.29, 1.82) is 0 Å². The van der Waals surface area contributed by atoms with Crippen LogP contribution in [0.2, 0.25) is 5.02 Å². The van der Waals surface area contributed by atoms with E-state index >= 15 is 0 Å². The predicted octanol–water partition coefficient (Wildman–Crippen LogP) is 2.63. The lowest BCUT2D eigenvalue weighted by Crippen LogP contribution is -1.97. The molecule has 2 aromatic rings. The monoisotopic (exact) mass is 221 g/mol. The molecule has 0 spiro atoms. The molecule has 0 aliphatic rings. The van der Waals surface area contributed by atoms with Gasteiger partial charge >= 0.3 is 0 Å². The Bertz CT molecular complexity index is 483. The van der Waals surface area contributed by atoms with Crippen molar-refractivity contribution in [3.05, 3.63) is 35.0 Å². The summed E-state index contributed by atoms with van der Waals surface area (Å²) in [5.74, 6) is 0. The van der Waals surface area contributed by atoms with E-state index in [1.807, 2.05) is 32.2 Å². The second-order valence-corrected chi connectivity index (χ2v) is 3.89. The first-order valence-electron chi connectivity index (χ1n) is 4.64. The molecule has 15 heavy (non-hydrogen) atoms. The van der Waals surface area contributed by atoms with Crippen LogP contribution in [0.5, 0.6) is 0 Å². The summed E-state index contributed by atoms with van der Waals surface area (Å²) in [6, 6.07) is 5.88. The summed E-state index contributed by atoms with van der Waals surface area (Å²) in [6.45, 7) is 1.97. The second kappa shape index (κ2) is 3.59. The Morgan fingerprint density at radius 1 is 1.40 bits per heavy atom. The topological polar surface area (TPSA) is 43.8 Å². The van der Waals surface area contributed by atoms with Gasteiger partial charge in [0.2, 0.25) is 0 Å². The first kappa shape index (κ1) is 10.1. The van der Waals surface area contributed by atoms with Gasteiger partial charge in [0.05, 0.1) is 22.6 Å². The van der Waals surface area contributed by atoms with Crippen molar-refractivity contribution >= 4 is 17.3 Å². The van der Waals surface area contributed by atoms with Crippen LogP contribution in [0.1, 0.15) is 5.56 Å². The third-order valence-electron chi connectivity index (χ3n) is 2.41. The molecule has 78 valence electrons. The Balaban J connectivity index is 2.69. The maximum absolute atomic E-state index is 6.23. The zero-order valence-corrected chi connectivity index (χ0v) is 9.42. The Kier molecular flexibility index (Phi) is 2.40. The number of hydrogen-bond donors (Lipinski definition) is 1. The van der Waals surface area contributed by atoms with Crippen molar-refractivity contribution in [2.75, 3.05) is 5.73 Å². The van der Waals surface area contributed by atoms with Crippen LogP contribution in [0, 0.1) is 6.92 Å². The van der Waals surface area contributed by atoms with Gasteiger partial charge in [-0.2, -0.15) is 5.10 Å². The summed E-state index contributed by atoms with van der Waals surface area (Å²) < 4.78 is 1.73. The van der Waals surface area contributed by atoms with Crippen LogP contribution >= 0.6 is 11.6 Å². The number of halogens is 1. The number of hydrogen-bond acceptors (Lipinski definition) is 2. The summed E-state index contributed by atoms with van der Waals surface area (Å²) in [5.41, 5.74) is 9.32. The zero-order chi connectivity index (χ0) is 11.0. The van der Waals surface area contributed by atoms with Crippen LogP contribution in [0.15, 0.2) is 24.4 Å². The molecule has 0 atom stereocenters. The lowest BCUT2D eigenvalue weighted by molar-refractivity contribution is 0.776. The molecular formula is C11H12ClN3. The predicted molar refractivity (Wildman–Crippen MR) is 62.8 cm³/mol. The molecular weight excluding hydrogens is 210 g/mol. The number of nitrogens with zero attached hydrogens (tertiary/aromatic N) is 2. The van der Waals surface area contributed by atoms with Crippen LogP contribution < -0.4 is 5.73 Å². The van der Waals surface area contributed by atoms with Crippen LogP contribution in [-0.4, -0.2) is 9.78 Å². The molecule has 1 heterocycles. The number of nitrogen functional groups attached to an aromatic ring is 1. The number of benzene rings is 1. The smallest absolute Gasteiger partial charge is 0.0923 e. The van der Waals surface area contributed by atoms with E-state index in [9.17, 15) is 0 Å². The summed E-state index contributed by atoms with van der Waals surface area (Å²) in [7, 11) is 1.85. The quantitative estimate of drug-likeness (QED) is 0.805. The van der Waals surface area contributed by atoms with Gasteiger partial charge in [-0.15, -0.1) is 0 Å². The van der Waals surface area contributed by atoms with Gasteiger partial charge in [-0.3, -0.25) is 4.68 Å². The fourth-order valence-corrected chi connectivity index (χ4v) is 1.83. The van der Waals surface area contributed by atoms with Crippen LogP contribution in [0.3, 0.4) is 0 Å². The number of nitrogens with two attached hydrogens (primary N) is 1. The third-order valence-corrected chi connectivity index (χ3v) is 2.92. The highest BCUT2D eigenvalue weighted by Crippen LogP contribution is 2.33. The SMILES string of the molecule is Cc1cccc(-c2c(N)cnn2C)c1Cl. The van der Waals surface area contributed by atoms with Gasteiger partial charge < -0.3 is 5.73 Å².